The van der Waals surface area contributed by atoms with Crippen molar-refractivity contribution in [3.8, 4) is 22.6 Å². The average Bonchev–Trinajstić information content (AvgIpc) is 3.40. The number of aryl methyl sites for hydroxylation is 1. The van der Waals surface area contributed by atoms with Crippen LogP contribution in [0.1, 0.15) is 22.8 Å². The second kappa shape index (κ2) is 10.0. The summed E-state index contributed by atoms with van der Waals surface area (Å²) in [5, 5.41) is 6.24. The lowest BCUT2D eigenvalue weighted by Gasteiger charge is -2.11. The zero-order valence-corrected chi connectivity index (χ0v) is 20.3. The SMILES string of the molecule is CCOC(=O)c1c(-c2ccc(OC)c(OC)c2)csc1NC(=O)Cc1cn(C)c2ccccc12. The second-order valence-electron chi connectivity index (χ2n) is 7.65. The van der Waals surface area contributed by atoms with E-state index in [4.69, 9.17) is 14.2 Å². The normalized spacial score (nSPS) is 10.8. The van der Waals surface area contributed by atoms with Gasteiger partial charge in [-0.3, -0.25) is 4.79 Å². The van der Waals surface area contributed by atoms with Gasteiger partial charge in [0.25, 0.3) is 0 Å². The van der Waals surface area contributed by atoms with Gasteiger partial charge in [0.2, 0.25) is 5.91 Å². The number of nitrogens with one attached hydrogen (secondary N) is 1. The maximum atomic E-state index is 13.0. The number of nitrogens with zero attached hydrogens (tertiary/aromatic N) is 1. The van der Waals surface area contributed by atoms with Crippen molar-refractivity contribution in [2.24, 2.45) is 7.05 Å². The molecule has 0 saturated heterocycles. The van der Waals surface area contributed by atoms with Crippen LogP contribution in [0, 0.1) is 0 Å². The highest BCUT2D eigenvalue weighted by Crippen LogP contribution is 2.39. The third kappa shape index (κ3) is 4.49. The topological polar surface area (TPSA) is 78.8 Å². The zero-order valence-electron chi connectivity index (χ0n) is 19.5. The first-order chi connectivity index (χ1) is 16.5. The first-order valence-corrected chi connectivity index (χ1v) is 11.7. The Morgan fingerprint density at radius 1 is 1.06 bits per heavy atom. The van der Waals surface area contributed by atoms with Gasteiger partial charge in [-0.1, -0.05) is 24.3 Å². The molecule has 0 saturated carbocycles. The molecule has 2 aromatic carbocycles. The summed E-state index contributed by atoms with van der Waals surface area (Å²) in [6, 6.07) is 13.4. The van der Waals surface area contributed by atoms with Gasteiger partial charge in [0.15, 0.2) is 11.5 Å². The smallest absolute Gasteiger partial charge is 0.341 e. The zero-order chi connectivity index (χ0) is 24.2. The van der Waals surface area contributed by atoms with Crippen LogP contribution in [0.15, 0.2) is 54.0 Å². The Morgan fingerprint density at radius 3 is 2.56 bits per heavy atom. The standard InChI is InChI=1S/C26H26N2O5S/c1-5-33-26(30)24-19(16-10-11-21(31-3)22(12-16)32-4)15-34-25(24)27-23(29)13-17-14-28(2)20-9-7-6-8-18(17)20/h6-12,14-15H,5,13H2,1-4H3,(H,27,29). The number of benzene rings is 2. The average molecular weight is 479 g/mol. The number of carbonyl (C=O) groups excluding carboxylic acids is 2. The molecule has 0 unspecified atom stereocenters. The largest absolute Gasteiger partial charge is 0.493 e. The predicted molar refractivity (Wildman–Crippen MR) is 134 cm³/mol. The number of rotatable bonds is 8. The summed E-state index contributed by atoms with van der Waals surface area (Å²) in [6.45, 7) is 1.97. The highest BCUT2D eigenvalue weighted by molar-refractivity contribution is 7.15. The van der Waals surface area contributed by atoms with Gasteiger partial charge in [-0.25, -0.2) is 4.79 Å². The highest BCUT2D eigenvalue weighted by atomic mass is 32.1. The Bertz CT molecular complexity index is 1350. The molecule has 0 atom stereocenters. The molecular formula is C26H26N2O5S. The molecule has 8 heteroatoms. The van der Waals surface area contributed by atoms with Crippen molar-refractivity contribution in [3.05, 3.63) is 65.2 Å². The third-order valence-corrected chi connectivity index (χ3v) is 6.44. The highest BCUT2D eigenvalue weighted by Gasteiger charge is 2.24. The minimum absolute atomic E-state index is 0.188. The van der Waals surface area contributed by atoms with Crippen molar-refractivity contribution in [1.82, 2.24) is 4.57 Å². The van der Waals surface area contributed by atoms with Gasteiger partial charge in [-0.15, -0.1) is 11.3 Å². The quantitative estimate of drug-likeness (QED) is 0.349. The number of hydrogen-bond donors (Lipinski definition) is 1. The Hall–Kier alpha value is -3.78. The van der Waals surface area contributed by atoms with E-state index < -0.39 is 5.97 Å². The summed E-state index contributed by atoms with van der Waals surface area (Å²) in [7, 11) is 5.08. The number of carbonyl (C=O) groups is 2. The molecular weight excluding hydrogens is 452 g/mol. The lowest BCUT2D eigenvalue weighted by molar-refractivity contribution is -0.115. The van der Waals surface area contributed by atoms with E-state index >= 15 is 0 Å². The molecule has 0 fully saturated rings. The van der Waals surface area contributed by atoms with Crippen LogP contribution in [0.5, 0.6) is 11.5 Å². The predicted octanol–water partition coefficient (Wildman–Crippen LogP) is 5.28. The van der Waals surface area contributed by atoms with Crippen LogP contribution in [0.2, 0.25) is 0 Å². The van der Waals surface area contributed by atoms with Crippen LogP contribution in [0.3, 0.4) is 0 Å². The van der Waals surface area contributed by atoms with Crippen LogP contribution in [0.4, 0.5) is 5.00 Å². The van der Waals surface area contributed by atoms with E-state index in [0.717, 1.165) is 22.0 Å². The molecule has 0 aliphatic carbocycles. The Labute approximate surface area is 201 Å². The first-order valence-electron chi connectivity index (χ1n) is 10.8. The van der Waals surface area contributed by atoms with Gasteiger partial charge < -0.3 is 24.1 Å². The fourth-order valence-electron chi connectivity index (χ4n) is 3.98. The van der Waals surface area contributed by atoms with Crippen LogP contribution in [-0.2, 0) is 23.0 Å². The van der Waals surface area contributed by atoms with E-state index in [0.29, 0.717) is 27.6 Å². The van der Waals surface area contributed by atoms with Gasteiger partial charge in [0.05, 0.1) is 27.2 Å². The van der Waals surface area contributed by atoms with E-state index in [1.807, 2.05) is 53.5 Å². The number of fused-ring (bicyclic) bond motifs is 1. The molecule has 7 nitrogen and oxygen atoms in total. The summed E-state index contributed by atoms with van der Waals surface area (Å²) >= 11 is 1.29. The van der Waals surface area contributed by atoms with Gasteiger partial charge in [-0.2, -0.15) is 0 Å². The van der Waals surface area contributed by atoms with E-state index in [-0.39, 0.29) is 18.9 Å². The molecule has 0 radical (unpaired) electrons. The molecule has 0 aliphatic heterocycles. The van der Waals surface area contributed by atoms with Crippen molar-refractivity contribution in [2.75, 3.05) is 26.1 Å². The molecule has 0 aliphatic rings. The Balaban J connectivity index is 1.66. The number of thiophene rings is 1. The number of anilines is 1. The van der Waals surface area contributed by atoms with Crippen LogP contribution in [-0.4, -0.2) is 37.3 Å². The number of para-hydroxylation sites is 1. The van der Waals surface area contributed by atoms with Crippen molar-refractivity contribution >= 4 is 39.1 Å². The fourth-order valence-corrected chi connectivity index (χ4v) is 4.96. The van der Waals surface area contributed by atoms with Crippen molar-refractivity contribution in [2.45, 2.75) is 13.3 Å². The van der Waals surface area contributed by atoms with E-state index in [9.17, 15) is 9.59 Å². The minimum atomic E-state index is -0.492. The fraction of sp³-hybridized carbons (Fsp3) is 0.231. The van der Waals surface area contributed by atoms with Gasteiger partial charge in [0.1, 0.15) is 10.6 Å². The summed E-state index contributed by atoms with van der Waals surface area (Å²) in [4.78, 5) is 25.9. The minimum Gasteiger partial charge on any atom is -0.493 e. The van der Waals surface area contributed by atoms with Crippen LogP contribution < -0.4 is 14.8 Å². The van der Waals surface area contributed by atoms with E-state index in [2.05, 4.69) is 5.32 Å². The lowest BCUT2D eigenvalue weighted by atomic mass is 10.0. The molecule has 34 heavy (non-hydrogen) atoms. The molecule has 2 heterocycles. The Kier molecular flexibility index (Phi) is 6.88. The molecule has 2 aromatic heterocycles. The molecule has 4 aromatic rings. The summed E-state index contributed by atoms with van der Waals surface area (Å²) in [6.07, 6.45) is 2.15. The summed E-state index contributed by atoms with van der Waals surface area (Å²) in [5.74, 6) is 0.432. The van der Waals surface area contributed by atoms with Crippen molar-refractivity contribution in [1.29, 1.82) is 0 Å². The van der Waals surface area contributed by atoms with Crippen molar-refractivity contribution < 1.29 is 23.8 Å². The van der Waals surface area contributed by atoms with E-state index in [1.165, 1.54) is 11.3 Å². The Morgan fingerprint density at radius 2 is 1.82 bits per heavy atom. The molecule has 176 valence electrons. The second-order valence-corrected chi connectivity index (χ2v) is 8.53. The van der Waals surface area contributed by atoms with Crippen molar-refractivity contribution in [3.63, 3.8) is 0 Å². The number of aromatic nitrogens is 1. The monoisotopic (exact) mass is 478 g/mol. The number of ether oxygens (including phenoxy) is 3. The van der Waals surface area contributed by atoms with Gasteiger partial charge in [-0.05, 0) is 36.2 Å². The maximum absolute atomic E-state index is 13.0. The number of esters is 1. The summed E-state index contributed by atoms with van der Waals surface area (Å²) in [5.41, 5.74) is 3.72. The maximum Gasteiger partial charge on any atom is 0.341 e. The van der Waals surface area contributed by atoms with Crippen LogP contribution in [0.25, 0.3) is 22.0 Å². The van der Waals surface area contributed by atoms with Gasteiger partial charge in [0, 0.05) is 35.1 Å². The lowest BCUT2D eigenvalue weighted by Crippen LogP contribution is -2.16. The van der Waals surface area contributed by atoms with Crippen LogP contribution >= 0.6 is 11.3 Å². The third-order valence-electron chi connectivity index (χ3n) is 5.55. The number of hydrogen-bond acceptors (Lipinski definition) is 6. The first kappa shape index (κ1) is 23.4. The summed E-state index contributed by atoms with van der Waals surface area (Å²) < 4.78 is 18.0. The molecule has 4 rings (SSSR count). The molecule has 0 spiro atoms. The van der Waals surface area contributed by atoms with E-state index in [1.54, 1.807) is 33.3 Å². The molecule has 1 N–H and O–H groups in total. The molecule has 0 bridgehead atoms. The molecule has 1 amide bonds. The number of amides is 1. The number of methoxy groups -OCH3 is 2. The van der Waals surface area contributed by atoms with Gasteiger partial charge >= 0.3 is 5.97 Å².